The molecular formula is C18H31N5O2. The van der Waals surface area contributed by atoms with Crippen LogP contribution in [0.2, 0.25) is 0 Å². The SMILES string of the molecule is CCCn1cnnc1[C@H](C)NC(=O)C1(N2CCOCC2)CCCCC1. The van der Waals surface area contributed by atoms with E-state index in [-0.39, 0.29) is 17.5 Å². The molecule has 2 heterocycles. The maximum atomic E-state index is 13.3. The van der Waals surface area contributed by atoms with Crippen LogP contribution in [0.25, 0.3) is 0 Å². The first-order valence-corrected chi connectivity index (χ1v) is 9.69. The summed E-state index contributed by atoms with van der Waals surface area (Å²) in [4.78, 5) is 15.7. The van der Waals surface area contributed by atoms with E-state index in [4.69, 9.17) is 4.74 Å². The molecule has 3 rings (SSSR count). The molecule has 1 amide bonds. The predicted molar refractivity (Wildman–Crippen MR) is 95.1 cm³/mol. The van der Waals surface area contributed by atoms with Gasteiger partial charge in [-0.15, -0.1) is 10.2 Å². The van der Waals surface area contributed by atoms with E-state index in [1.54, 1.807) is 6.33 Å². The third-order valence-corrected chi connectivity index (χ3v) is 5.56. The summed E-state index contributed by atoms with van der Waals surface area (Å²) < 4.78 is 7.54. The maximum Gasteiger partial charge on any atom is 0.241 e. The van der Waals surface area contributed by atoms with E-state index in [0.29, 0.717) is 0 Å². The van der Waals surface area contributed by atoms with Gasteiger partial charge in [0.15, 0.2) is 5.82 Å². The highest BCUT2D eigenvalue weighted by Gasteiger charge is 2.45. The number of nitrogens with one attached hydrogen (secondary N) is 1. The van der Waals surface area contributed by atoms with Crippen LogP contribution in [0.5, 0.6) is 0 Å². The number of ether oxygens (including phenoxy) is 1. The van der Waals surface area contributed by atoms with Gasteiger partial charge in [0.2, 0.25) is 5.91 Å². The van der Waals surface area contributed by atoms with Crippen molar-refractivity contribution in [3.05, 3.63) is 12.2 Å². The van der Waals surface area contributed by atoms with Crippen LogP contribution in [-0.4, -0.2) is 57.4 Å². The second kappa shape index (κ2) is 8.27. The van der Waals surface area contributed by atoms with Crippen LogP contribution in [0.4, 0.5) is 0 Å². The Bertz CT molecular complexity index is 562. The molecule has 2 fully saturated rings. The van der Waals surface area contributed by atoms with Crippen molar-refractivity contribution in [2.75, 3.05) is 26.3 Å². The molecule has 0 bridgehead atoms. The average Bonchev–Trinajstić information content (AvgIpc) is 3.12. The lowest BCUT2D eigenvalue weighted by atomic mass is 9.79. The molecule has 7 nitrogen and oxygen atoms in total. The third-order valence-electron chi connectivity index (χ3n) is 5.56. The van der Waals surface area contributed by atoms with Gasteiger partial charge in [-0.05, 0) is 26.2 Å². The van der Waals surface area contributed by atoms with Gasteiger partial charge in [-0.1, -0.05) is 26.2 Å². The predicted octanol–water partition coefficient (Wildman–Crippen LogP) is 1.90. The molecule has 1 atom stereocenters. The number of hydrogen-bond acceptors (Lipinski definition) is 5. The molecule has 25 heavy (non-hydrogen) atoms. The summed E-state index contributed by atoms with van der Waals surface area (Å²) in [5.74, 6) is 0.982. The van der Waals surface area contributed by atoms with Gasteiger partial charge in [-0.25, -0.2) is 0 Å². The first-order chi connectivity index (χ1) is 12.2. The lowest BCUT2D eigenvalue weighted by Crippen LogP contribution is -2.62. The lowest BCUT2D eigenvalue weighted by Gasteiger charge is -2.46. The van der Waals surface area contributed by atoms with Crippen molar-refractivity contribution in [2.45, 2.75) is 70.5 Å². The second-order valence-corrected chi connectivity index (χ2v) is 7.27. The zero-order valence-electron chi connectivity index (χ0n) is 15.5. The van der Waals surface area contributed by atoms with Crippen molar-refractivity contribution >= 4 is 5.91 Å². The Labute approximate surface area is 150 Å². The van der Waals surface area contributed by atoms with Crippen LogP contribution in [0.1, 0.15) is 64.2 Å². The Kier molecular flexibility index (Phi) is 6.06. The summed E-state index contributed by atoms with van der Waals surface area (Å²) >= 11 is 0. The van der Waals surface area contributed by atoms with Crippen LogP contribution >= 0.6 is 0 Å². The van der Waals surface area contributed by atoms with Crippen molar-refractivity contribution < 1.29 is 9.53 Å². The number of aromatic nitrogens is 3. The van der Waals surface area contributed by atoms with Gasteiger partial charge in [-0.2, -0.15) is 0 Å². The number of carbonyl (C=O) groups is 1. The van der Waals surface area contributed by atoms with Gasteiger partial charge < -0.3 is 14.6 Å². The Morgan fingerprint density at radius 2 is 2.04 bits per heavy atom. The second-order valence-electron chi connectivity index (χ2n) is 7.27. The maximum absolute atomic E-state index is 13.3. The lowest BCUT2D eigenvalue weighted by molar-refractivity contribution is -0.140. The monoisotopic (exact) mass is 349 g/mol. The number of rotatable bonds is 6. The fraction of sp³-hybridized carbons (Fsp3) is 0.833. The highest BCUT2D eigenvalue weighted by Crippen LogP contribution is 2.35. The molecule has 1 N–H and O–H groups in total. The van der Waals surface area contributed by atoms with E-state index in [0.717, 1.165) is 70.8 Å². The van der Waals surface area contributed by atoms with E-state index in [1.165, 1.54) is 6.42 Å². The molecule has 0 unspecified atom stereocenters. The van der Waals surface area contributed by atoms with Gasteiger partial charge in [0.05, 0.1) is 19.3 Å². The Balaban J connectivity index is 1.74. The van der Waals surface area contributed by atoms with E-state index in [1.807, 2.05) is 11.5 Å². The van der Waals surface area contributed by atoms with Gasteiger partial charge in [-0.3, -0.25) is 9.69 Å². The topological polar surface area (TPSA) is 72.3 Å². The molecule has 0 radical (unpaired) electrons. The molecular weight excluding hydrogens is 318 g/mol. The molecule has 0 spiro atoms. The Morgan fingerprint density at radius 1 is 1.32 bits per heavy atom. The first-order valence-electron chi connectivity index (χ1n) is 9.69. The quantitative estimate of drug-likeness (QED) is 0.849. The fourth-order valence-corrected chi connectivity index (χ4v) is 4.22. The van der Waals surface area contributed by atoms with E-state index >= 15 is 0 Å². The van der Waals surface area contributed by atoms with Crippen LogP contribution in [0.15, 0.2) is 6.33 Å². The van der Waals surface area contributed by atoms with Crippen molar-refractivity contribution in [2.24, 2.45) is 0 Å². The molecule has 7 heteroatoms. The van der Waals surface area contributed by atoms with Crippen molar-refractivity contribution in [3.8, 4) is 0 Å². The number of nitrogens with zero attached hydrogens (tertiary/aromatic N) is 4. The minimum absolute atomic E-state index is 0.138. The molecule has 1 aromatic heterocycles. The molecule has 1 aliphatic carbocycles. The summed E-state index contributed by atoms with van der Waals surface area (Å²) in [7, 11) is 0. The largest absolute Gasteiger partial charge is 0.379 e. The number of morpholine rings is 1. The third kappa shape index (κ3) is 3.87. The molecule has 1 aromatic rings. The Hall–Kier alpha value is -1.47. The zero-order valence-corrected chi connectivity index (χ0v) is 15.5. The molecule has 140 valence electrons. The average molecular weight is 349 g/mol. The molecule has 0 aromatic carbocycles. The van der Waals surface area contributed by atoms with E-state index in [9.17, 15) is 4.79 Å². The van der Waals surface area contributed by atoms with Crippen molar-refractivity contribution in [1.82, 2.24) is 25.0 Å². The summed E-state index contributed by atoms with van der Waals surface area (Å²) in [5, 5.41) is 11.5. The highest BCUT2D eigenvalue weighted by molar-refractivity contribution is 5.86. The van der Waals surface area contributed by atoms with E-state index in [2.05, 4.69) is 27.3 Å². The van der Waals surface area contributed by atoms with Gasteiger partial charge in [0.25, 0.3) is 0 Å². The number of hydrogen-bond donors (Lipinski definition) is 1. The minimum atomic E-state index is -0.383. The first kappa shape index (κ1) is 18.3. The molecule has 1 aliphatic heterocycles. The Morgan fingerprint density at radius 3 is 2.72 bits per heavy atom. The van der Waals surface area contributed by atoms with Crippen LogP contribution in [0, 0.1) is 0 Å². The van der Waals surface area contributed by atoms with Crippen molar-refractivity contribution in [1.29, 1.82) is 0 Å². The summed E-state index contributed by atoms with van der Waals surface area (Å²) in [6.45, 7) is 8.12. The van der Waals surface area contributed by atoms with Crippen LogP contribution in [0.3, 0.4) is 0 Å². The van der Waals surface area contributed by atoms with Gasteiger partial charge in [0.1, 0.15) is 11.9 Å². The van der Waals surface area contributed by atoms with Crippen LogP contribution in [-0.2, 0) is 16.1 Å². The molecule has 1 saturated heterocycles. The summed E-state index contributed by atoms with van der Waals surface area (Å²) in [6.07, 6.45) is 8.10. The highest BCUT2D eigenvalue weighted by atomic mass is 16.5. The normalized spacial score (nSPS) is 22.5. The number of aryl methyl sites for hydroxylation is 1. The zero-order chi connectivity index (χ0) is 17.7. The minimum Gasteiger partial charge on any atom is -0.379 e. The molecule has 1 saturated carbocycles. The standard InChI is InChI=1S/C18H31N5O2/c1-3-9-22-14-19-21-16(22)15(2)20-17(24)18(7-5-4-6-8-18)23-10-12-25-13-11-23/h14-15H,3-13H2,1-2H3,(H,20,24)/t15-/m0/s1. The van der Waals surface area contributed by atoms with Crippen LogP contribution < -0.4 is 5.32 Å². The van der Waals surface area contributed by atoms with Crippen molar-refractivity contribution in [3.63, 3.8) is 0 Å². The summed E-state index contributed by atoms with van der Waals surface area (Å²) in [6, 6.07) is -0.138. The molecule has 2 aliphatic rings. The fourth-order valence-electron chi connectivity index (χ4n) is 4.22. The number of amides is 1. The van der Waals surface area contributed by atoms with E-state index < -0.39 is 0 Å². The summed E-state index contributed by atoms with van der Waals surface area (Å²) in [5.41, 5.74) is -0.383. The number of carbonyl (C=O) groups excluding carboxylic acids is 1. The smallest absolute Gasteiger partial charge is 0.241 e. The van der Waals surface area contributed by atoms with Gasteiger partial charge in [0, 0.05) is 19.6 Å². The van der Waals surface area contributed by atoms with Gasteiger partial charge >= 0.3 is 0 Å².